The molecule has 1 aliphatic heterocycles. The number of carbonyl (C=O) groups is 1. The van der Waals surface area contributed by atoms with Gasteiger partial charge in [0.05, 0.1) is 5.92 Å². The van der Waals surface area contributed by atoms with Crippen LogP contribution in [-0.4, -0.2) is 54.1 Å². The van der Waals surface area contributed by atoms with Crippen LogP contribution in [0.3, 0.4) is 0 Å². The first kappa shape index (κ1) is 11.2. The van der Waals surface area contributed by atoms with E-state index in [0.29, 0.717) is 6.42 Å². The quantitative estimate of drug-likeness (QED) is 0.750. The van der Waals surface area contributed by atoms with E-state index >= 15 is 0 Å². The van der Waals surface area contributed by atoms with Gasteiger partial charge in [0, 0.05) is 31.9 Å². The van der Waals surface area contributed by atoms with Crippen molar-refractivity contribution in [3.8, 4) is 0 Å². The summed E-state index contributed by atoms with van der Waals surface area (Å²) in [4.78, 5) is 15.4. The minimum atomic E-state index is -0.732. The minimum absolute atomic E-state index is 0.337. The van der Waals surface area contributed by atoms with Crippen LogP contribution in [0.4, 0.5) is 0 Å². The van der Waals surface area contributed by atoms with Crippen LogP contribution >= 0.6 is 0 Å². The van der Waals surface area contributed by atoms with E-state index in [1.165, 1.54) is 5.70 Å². The number of aliphatic carboxylic acids is 1. The van der Waals surface area contributed by atoms with Crippen LogP contribution < -0.4 is 0 Å². The van der Waals surface area contributed by atoms with Gasteiger partial charge in [-0.25, -0.2) is 0 Å². The van der Waals surface area contributed by atoms with Crippen LogP contribution in [0.15, 0.2) is 23.9 Å². The molecule has 88 valence electrons. The van der Waals surface area contributed by atoms with Gasteiger partial charge < -0.3 is 14.9 Å². The molecular weight excluding hydrogens is 204 g/mol. The fraction of sp³-hybridized carbons (Fsp3) is 0.583. The summed E-state index contributed by atoms with van der Waals surface area (Å²) in [5.74, 6) is -1.07. The average Bonchev–Trinajstić information content (AvgIpc) is 2.30. The first-order valence-corrected chi connectivity index (χ1v) is 5.71. The summed E-state index contributed by atoms with van der Waals surface area (Å²) >= 11 is 0. The number of rotatable bonds is 2. The van der Waals surface area contributed by atoms with E-state index in [1.54, 1.807) is 6.08 Å². The Hall–Kier alpha value is -1.29. The van der Waals surface area contributed by atoms with Gasteiger partial charge in [-0.15, -0.1) is 0 Å². The van der Waals surface area contributed by atoms with Gasteiger partial charge >= 0.3 is 5.97 Å². The summed E-state index contributed by atoms with van der Waals surface area (Å²) in [7, 11) is 2.13. The molecule has 16 heavy (non-hydrogen) atoms. The lowest BCUT2D eigenvalue weighted by atomic mass is 9.99. The number of hydrogen-bond acceptors (Lipinski definition) is 3. The molecule has 0 aromatic carbocycles. The van der Waals surface area contributed by atoms with E-state index < -0.39 is 5.97 Å². The Morgan fingerprint density at radius 3 is 2.56 bits per heavy atom. The molecule has 4 nitrogen and oxygen atoms in total. The molecule has 0 spiro atoms. The molecular formula is C12H18N2O2. The van der Waals surface area contributed by atoms with Crippen molar-refractivity contribution in [2.75, 3.05) is 33.2 Å². The second kappa shape index (κ2) is 4.70. The molecule has 0 saturated carbocycles. The number of carboxylic acids is 1. The maximum absolute atomic E-state index is 10.8. The van der Waals surface area contributed by atoms with Crippen LogP contribution in [0.2, 0.25) is 0 Å². The predicted molar refractivity (Wildman–Crippen MR) is 62.0 cm³/mol. The van der Waals surface area contributed by atoms with Gasteiger partial charge in [0.15, 0.2) is 0 Å². The molecule has 1 N–H and O–H groups in total. The molecule has 1 heterocycles. The van der Waals surface area contributed by atoms with Crippen LogP contribution in [-0.2, 0) is 4.79 Å². The van der Waals surface area contributed by atoms with Crippen molar-refractivity contribution in [1.29, 1.82) is 0 Å². The van der Waals surface area contributed by atoms with Crippen LogP contribution in [0.1, 0.15) is 6.42 Å². The van der Waals surface area contributed by atoms with Gasteiger partial charge in [-0.2, -0.15) is 0 Å². The first-order chi connectivity index (χ1) is 7.66. The fourth-order valence-electron chi connectivity index (χ4n) is 2.09. The summed E-state index contributed by atoms with van der Waals surface area (Å²) in [6.45, 7) is 4.22. The van der Waals surface area contributed by atoms with Crippen molar-refractivity contribution >= 4 is 5.97 Å². The number of hydrogen-bond donors (Lipinski definition) is 1. The highest BCUT2D eigenvalue weighted by molar-refractivity contribution is 5.73. The predicted octanol–water partition coefficient (Wildman–Crippen LogP) is 0.778. The molecule has 2 aliphatic rings. The van der Waals surface area contributed by atoms with E-state index in [2.05, 4.69) is 16.8 Å². The van der Waals surface area contributed by atoms with Crippen molar-refractivity contribution in [2.24, 2.45) is 5.92 Å². The van der Waals surface area contributed by atoms with Crippen molar-refractivity contribution in [1.82, 2.24) is 9.80 Å². The highest BCUT2D eigenvalue weighted by Gasteiger charge is 2.20. The topological polar surface area (TPSA) is 43.8 Å². The molecule has 2 rings (SSSR count). The summed E-state index contributed by atoms with van der Waals surface area (Å²) in [5, 5.41) is 8.87. The molecule has 0 bridgehead atoms. The average molecular weight is 222 g/mol. The van der Waals surface area contributed by atoms with Crippen molar-refractivity contribution in [3.63, 3.8) is 0 Å². The van der Waals surface area contributed by atoms with Crippen molar-refractivity contribution < 1.29 is 9.90 Å². The lowest BCUT2D eigenvalue weighted by Gasteiger charge is -2.35. The third kappa shape index (κ3) is 2.44. The third-order valence-corrected chi connectivity index (χ3v) is 3.27. The Kier molecular flexibility index (Phi) is 3.29. The van der Waals surface area contributed by atoms with Crippen molar-refractivity contribution in [2.45, 2.75) is 6.42 Å². The largest absolute Gasteiger partial charge is 0.481 e. The second-order valence-electron chi connectivity index (χ2n) is 4.46. The highest BCUT2D eigenvalue weighted by atomic mass is 16.4. The summed E-state index contributed by atoms with van der Waals surface area (Å²) in [6.07, 6.45) is 6.42. The molecule has 0 aromatic rings. The molecule has 1 unspecified atom stereocenters. The second-order valence-corrected chi connectivity index (χ2v) is 4.46. The minimum Gasteiger partial charge on any atom is -0.481 e. The Balaban J connectivity index is 1.93. The van der Waals surface area contributed by atoms with E-state index in [1.807, 2.05) is 12.2 Å². The van der Waals surface area contributed by atoms with Gasteiger partial charge in [-0.1, -0.05) is 12.2 Å². The van der Waals surface area contributed by atoms with Crippen LogP contribution in [0.5, 0.6) is 0 Å². The lowest BCUT2D eigenvalue weighted by Crippen LogP contribution is -2.43. The fourth-order valence-corrected chi connectivity index (χ4v) is 2.09. The zero-order valence-corrected chi connectivity index (χ0v) is 9.59. The van der Waals surface area contributed by atoms with E-state index in [4.69, 9.17) is 5.11 Å². The molecule has 1 atom stereocenters. The number of allylic oxidation sites excluding steroid dienone is 2. The Morgan fingerprint density at radius 2 is 2.06 bits per heavy atom. The first-order valence-electron chi connectivity index (χ1n) is 5.71. The molecule has 4 heteroatoms. The maximum atomic E-state index is 10.8. The van der Waals surface area contributed by atoms with E-state index in [0.717, 1.165) is 26.2 Å². The van der Waals surface area contributed by atoms with Gasteiger partial charge in [0.1, 0.15) is 0 Å². The van der Waals surface area contributed by atoms with Gasteiger partial charge in [-0.3, -0.25) is 4.79 Å². The summed E-state index contributed by atoms with van der Waals surface area (Å²) in [5.41, 5.74) is 1.19. The summed E-state index contributed by atoms with van der Waals surface area (Å²) < 4.78 is 0. The molecule has 1 saturated heterocycles. The van der Waals surface area contributed by atoms with E-state index in [-0.39, 0.29) is 5.92 Å². The molecule has 0 amide bonds. The number of nitrogens with zero attached hydrogens (tertiary/aromatic N) is 2. The Morgan fingerprint density at radius 1 is 1.38 bits per heavy atom. The van der Waals surface area contributed by atoms with E-state index in [9.17, 15) is 4.79 Å². The van der Waals surface area contributed by atoms with Crippen molar-refractivity contribution in [3.05, 3.63) is 23.9 Å². The summed E-state index contributed by atoms with van der Waals surface area (Å²) in [6, 6.07) is 0. The molecule has 0 aromatic heterocycles. The number of carboxylic acid groups (broad SMARTS) is 1. The van der Waals surface area contributed by atoms with Gasteiger partial charge in [-0.05, 0) is 19.5 Å². The van der Waals surface area contributed by atoms with Crippen LogP contribution in [0, 0.1) is 5.92 Å². The standard InChI is InChI=1S/C12H18N2O2/c1-13-6-8-14(9-7-13)11-4-2-10(3-5-11)12(15)16/h2,4-5,10H,3,6-9H2,1H3,(H,15,16). The molecule has 1 aliphatic carbocycles. The van der Waals surface area contributed by atoms with Gasteiger partial charge in [0.25, 0.3) is 0 Å². The Labute approximate surface area is 95.8 Å². The monoisotopic (exact) mass is 222 g/mol. The van der Waals surface area contributed by atoms with Gasteiger partial charge in [0.2, 0.25) is 0 Å². The zero-order chi connectivity index (χ0) is 11.5. The molecule has 1 fully saturated rings. The normalized spacial score (nSPS) is 26.7. The lowest BCUT2D eigenvalue weighted by molar-refractivity contribution is -0.139. The molecule has 0 radical (unpaired) electrons. The maximum Gasteiger partial charge on any atom is 0.310 e. The number of likely N-dealkylation sites (N-methyl/N-ethyl adjacent to an activating group) is 1. The van der Waals surface area contributed by atoms with Crippen LogP contribution in [0.25, 0.3) is 0 Å². The third-order valence-electron chi connectivity index (χ3n) is 3.27. The Bertz CT molecular complexity index is 328. The SMILES string of the molecule is CN1CCN(C2=CCC(C(=O)O)C=C2)CC1. The zero-order valence-electron chi connectivity index (χ0n) is 9.59. The number of piperazine rings is 1. The smallest absolute Gasteiger partial charge is 0.310 e. The highest BCUT2D eigenvalue weighted by Crippen LogP contribution is 2.20.